The van der Waals surface area contributed by atoms with Crippen LogP contribution in [0.5, 0.6) is 5.75 Å². The maximum absolute atomic E-state index is 11.9. The summed E-state index contributed by atoms with van der Waals surface area (Å²) in [6.45, 7) is 4.24. The molecule has 0 heterocycles. The van der Waals surface area contributed by atoms with Crippen LogP contribution in [-0.2, 0) is 4.79 Å². The van der Waals surface area contributed by atoms with Crippen molar-refractivity contribution in [2.45, 2.75) is 39.2 Å². The van der Waals surface area contributed by atoms with Crippen LogP contribution in [0, 0.1) is 0 Å². The molecule has 1 aromatic carbocycles. The van der Waals surface area contributed by atoms with E-state index in [2.05, 4.69) is 12.2 Å². The van der Waals surface area contributed by atoms with E-state index in [1.54, 1.807) is 6.92 Å². The first-order valence-electron chi connectivity index (χ1n) is 6.93. The smallest absolute Gasteiger partial charge is 0.339 e. The van der Waals surface area contributed by atoms with Gasteiger partial charge in [0.25, 0.3) is 5.91 Å². The number of amides is 1. The van der Waals surface area contributed by atoms with Crippen molar-refractivity contribution in [1.29, 1.82) is 0 Å². The molecule has 0 saturated carbocycles. The average Bonchev–Trinajstić information content (AvgIpc) is 2.43. The fraction of sp³-hybridized carbons (Fsp3) is 0.467. The molecule has 1 rings (SSSR count). The topological polar surface area (TPSA) is 75.6 Å². The predicted octanol–water partition coefficient (Wildman–Crippen LogP) is 3.11. The van der Waals surface area contributed by atoms with Crippen LogP contribution < -0.4 is 10.1 Å². The van der Waals surface area contributed by atoms with Gasteiger partial charge in [-0.15, -0.1) is 0 Å². The van der Waals surface area contributed by atoms with Crippen molar-refractivity contribution in [1.82, 2.24) is 5.32 Å². The zero-order valence-corrected chi connectivity index (χ0v) is 12.9. The maximum Gasteiger partial charge on any atom is 0.339 e. The van der Waals surface area contributed by atoms with E-state index in [1.807, 2.05) is 0 Å². The van der Waals surface area contributed by atoms with Gasteiger partial charge in [0.2, 0.25) is 0 Å². The van der Waals surface area contributed by atoms with E-state index in [1.165, 1.54) is 18.2 Å². The number of hydrogen-bond donors (Lipinski definition) is 2. The van der Waals surface area contributed by atoms with Crippen LogP contribution >= 0.6 is 11.6 Å². The van der Waals surface area contributed by atoms with Crippen LogP contribution in [0.3, 0.4) is 0 Å². The van der Waals surface area contributed by atoms with Gasteiger partial charge in [-0.05, 0) is 31.5 Å². The number of ether oxygens (including phenoxy) is 1. The largest absolute Gasteiger partial charge is 0.480 e. The summed E-state index contributed by atoms with van der Waals surface area (Å²) in [5, 5.41) is 12.2. The molecule has 1 amide bonds. The Hall–Kier alpha value is -1.75. The molecule has 6 heteroatoms. The molecule has 0 aliphatic heterocycles. The lowest BCUT2D eigenvalue weighted by atomic mass is 10.2. The Labute approximate surface area is 129 Å². The van der Waals surface area contributed by atoms with Crippen molar-refractivity contribution in [3.05, 3.63) is 28.8 Å². The number of halogens is 1. The quantitative estimate of drug-likeness (QED) is 0.723. The minimum absolute atomic E-state index is 0.0231. The number of carbonyl (C=O) groups excluding carboxylic acids is 1. The lowest BCUT2D eigenvalue weighted by molar-refractivity contribution is -0.127. The summed E-state index contributed by atoms with van der Waals surface area (Å²) in [6.07, 6.45) is 2.24. The highest BCUT2D eigenvalue weighted by Gasteiger charge is 2.18. The molecule has 1 aromatic rings. The Kier molecular flexibility index (Phi) is 7.02. The summed E-state index contributed by atoms with van der Waals surface area (Å²) in [7, 11) is 0. The number of hydrogen-bond acceptors (Lipinski definition) is 3. The molecule has 1 unspecified atom stereocenters. The van der Waals surface area contributed by atoms with Crippen LogP contribution in [0.4, 0.5) is 0 Å². The standard InChI is InChI=1S/C15H20ClNO4/c1-3-4-5-8-17-14(18)10(2)21-13-9-11(16)6-7-12(13)15(19)20/h6-7,9-10H,3-5,8H2,1-2H3,(H,17,18)(H,19,20). The first kappa shape index (κ1) is 17.3. The van der Waals surface area contributed by atoms with Crippen molar-refractivity contribution in [3.63, 3.8) is 0 Å². The number of rotatable bonds is 8. The summed E-state index contributed by atoms with van der Waals surface area (Å²) >= 11 is 5.83. The number of unbranched alkanes of at least 4 members (excludes halogenated alkanes) is 2. The highest BCUT2D eigenvalue weighted by molar-refractivity contribution is 6.30. The van der Waals surface area contributed by atoms with Crippen molar-refractivity contribution in [2.24, 2.45) is 0 Å². The van der Waals surface area contributed by atoms with E-state index in [-0.39, 0.29) is 17.2 Å². The van der Waals surface area contributed by atoms with Gasteiger partial charge in [0.1, 0.15) is 11.3 Å². The predicted molar refractivity (Wildman–Crippen MR) is 81.0 cm³/mol. The highest BCUT2D eigenvalue weighted by Crippen LogP contribution is 2.24. The number of aromatic carboxylic acids is 1. The summed E-state index contributed by atoms with van der Waals surface area (Å²) in [5.41, 5.74) is -0.0231. The zero-order valence-electron chi connectivity index (χ0n) is 12.2. The Morgan fingerprint density at radius 1 is 1.38 bits per heavy atom. The van der Waals surface area contributed by atoms with Crippen molar-refractivity contribution in [2.75, 3.05) is 6.54 Å². The third-order valence-corrected chi connectivity index (χ3v) is 3.16. The number of benzene rings is 1. The van der Waals surface area contributed by atoms with Gasteiger partial charge in [-0.3, -0.25) is 4.79 Å². The molecule has 0 saturated heterocycles. The van der Waals surface area contributed by atoms with Gasteiger partial charge in [0.15, 0.2) is 6.10 Å². The van der Waals surface area contributed by atoms with Gasteiger partial charge >= 0.3 is 5.97 Å². The van der Waals surface area contributed by atoms with Gasteiger partial charge in [0.05, 0.1) is 0 Å². The van der Waals surface area contributed by atoms with E-state index in [9.17, 15) is 9.59 Å². The molecule has 5 nitrogen and oxygen atoms in total. The summed E-state index contributed by atoms with van der Waals surface area (Å²) in [6, 6.07) is 4.21. The average molecular weight is 314 g/mol. The first-order chi connectivity index (χ1) is 9.95. The van der Waals surface area contributed by atoms with Crippen molar-refractivity contribution < 1.29 is 19.4 Å². The van der Waals surface area contributed by atoms with Crippen molar-refractivity contribution in [3.8, 4) is 5.75 Å². The van der Waals surface area contributed by atoms with Gasteiger partial charge in [-0.25, -0.2) is 4.79 Å². The Bertz CT molecular complexity index is 504. The summed E-state index contributed by atoms with van der Waals surface area (Å²) in [5.74, 6) is -1.31. The molecule has 0 aliphatic rings. The molecular formula is C15H20ClNO4. The minimum atomic E-state index is -1.13. The van der Waals surface area contributed by atoms with Crippen LogP contribution in [0.25, 0.3) is 0 Å². The molecule has 0 aromatic heterocycles. The molecular weight excluding hydrogens is 294 g/mol. The molecule has 2 N–H and O–H groups in total. The maximum atomic E-state index is 11.9. The Morgan fingerprint density at radius 2 is 2.10 bits per heavy atom. The van der Waals surface area contributed by atoms with Gasteiger partial charge < -0.3 is 15.2 Å². The van der Waals surface area contributed by atoms with Gasteiger partial charge in [0, 0.05) is 11.6 Å². The van der Waals surface area contributed by atoms with E-state index >= 15 is 0 Å². The molecule has 0 spiro atoms. The normalized spacial score (nSPS) is 11.8. The molecule has 0 radical (unpaired) electrons. The zero-order chi connectivity index (χ0) is 15.8. The number of carboxylic acids is 1. The second-order valence-corrected chi connectivity index (χ2v) is 5.14. The Balaban J connectivity index is 2.65. The number of carbonyl (C=O) groups is 2. The SMILES string of the molecule is CCCCCNC(=O)C(C)Oc1cc(Cl)ccc1C(=O)O. The second-order valence-electron chi connectivity index (χ2n) is 4.70. The summed E-state index contributed by atoms with van der Waals surface area (Å²) < 4.78 is 5.43. The van der Waals surface area contributed by atoms with Crippen LogP contribution in [-0.4, -0.2) is 29.6 Å². The first-order valence-corrected chi connectivity index (χ1v) is 7.30. The molecule has 0 fully saturated rings. The monoisotopic (exact) mass is 313 g/mol. The van der Waals surface area contributed by atoms with E-state index in [4.69, 9.17) is 21.4 Å². The minimum Gasteiger partial charge on any atom is -0.480 e. The van der Waals surface area contributed by atoms with E-state index in [0.717, 1.165) is 19.3 Å². The van der Waals surface area contributed by atoms with Crippen LogP contribution in [0.15, 0.2) is 18.2 Å². The van der Waals surface area contributed by atoms with Gasteiger partial charge in [-0.2, -0.15) is 0 Å². The fourth-order valence-corrected chi connectivity index (χ4v) is 1.91. The van der Waals surface area contributed by atoms with E-state index < -0.39 is 12.1 Å². The molecule has 0 aliphatic carbocycles. The van der Waals surface area contributed by atoms with Crippen LogP contribution in [0.2, 0.25) is 5.02 Å². The lowest BCUT2D eigenvalue weighted by Crippen LogP contribution is -2.37. The highest BCUT2D eigenvalue weighted by atomic mass is 35.5. The second kappa shape index (κ2) is 8.52. The third kappa shape index (κ3) is 5.63. The fourth-order valence-electron chi connectivity index (χ4n) is 1.74. The molecule has 116 valence electrons. The molecule has 1 atom stereocenters. The number of nitrogens with one attached hydrogen (secondary N) is 1. The van der Waals surface area contributed by atoms with E-state index in [0.29, 0.717) is 11.6 Å². The van der Waals surface area contributed by atoms with Gasteiger partial charge in [-0.1, -0.05) is 31.4 Å². The summed E-state index contributed by atoms with van der Waals surface area (Å²) in [4.78, 5) is 23.0. The third-order valence-electron chi connectivity index (χ3n) is 2.93. The number of carboxylic acid groups (broad SMARTS) is 1. The molecule has 0 bridgehead atoms. The van der Waals surface area contributed by atoms with Crippen LogP contribution in [0.1, 0.15) is 43.5 Å². The lowest BCUT2D eigenvalue weighted by Gasteiger charge is -2.16. The Morgan fingerprint density at radius 3 is 2.71 bits per heavy atom. The van der Waals surface area contributed by atoms with Crippen molar-refractivity contribution >= 4 is 23.5 Å². The molecule has 21 heavy (non-hydrogen) atoms.